The first kappa shape index (κ1) is 13.3. The molecular formula is C14H8FN3O2S. The number of pyridine rings is 1. The molecule has 2 heterocycles. The molecule has 0 bridgehead atoms. The van der Waals surface area contributed by atoms with Gasteiger partial charge < -0.3 is 9.26 Å². The van der Waals surface area contributed by atoms with Gasteiger partial charge in [-0.1, -0.05) is 11.2 Å². The van der Waals surface area contributed by atoms with Crippen LogP contribution in [0, 0.1) is 5.82 Å². The zero-order chi connectivity index (χ0) is 14.7. The molecule has 0 aliphatic heterocycles. The van der Waals surface area contributed by atoms with Gasteiger partial charge in [0.25, 0.3) is 5.89 Å². The summed E-state index contributed by atoms with van der Waals surface area (Å²) in [6.07, 6.45) is 1.62. The minimum atomic E-state index is -0.489. The Kier molecular flexibility index (Phi) is 3.65. The molecule has 0 spiro atoms. The summed E-state index contributed by atoms with van der Waals surface area (Å²) in [5.41, 5.74) is 2.02. The highest BCUT2D eigenvalue weighted by Gasteiger charge is 2.13. The standard InChI is InChI=1S/C14H8FN3O2S/c15-10-5-9(6-11(7-10)19-8-21)14-17-13(18-20-14)12-3-1-2-4-16-12/h1-8H. The van der Waals surface area contributed by atoms with Gasteiger partial charge in [0.05, 0.1) is 0 Å². The third kappa shape index (κ3) is 2.92. The third-order valence-electron chi connectivity index (χ3n) is 2.62. The van der Waals surface area contributed by atoms with Crippen molar-refractivity contribution < 1.29 is 13.7 Å². The van der Waals surface area contributed by atoms with E-state index in [1.807, 2.05) is 6.07 Å². The van der Waals surface area contributed by atoms with Gasteiger partial charge in [-0.3, -0.25) is 4.98 Å². The molecule has 5 nitrogen and oxygen atoms in total. The maximum Gasteiger partial charge on any atom is 0.258 e. The predicted molar refractivity (Wildman–Crippen MR) is 77.2 cm³/mol. The van der Waals surface area contributed by atoms with Crippen molar-refractivity contribution in [3.05, 3.63) is 48.4 Å². The second-order valence-corrected chi connectivity index (χ2v) is 4.22. The lowest BCUT2D eigenvalue weighted by Crippen LogP contribution is -1.90. The SMILES string of the molecule is Fc1cc(OC=S)cc(-c2nc(-c3ccccn3)no2)c1. The van der Waals surface area contributed by atoms with E-state index in [0.717, 1.165) is 5.55 Å². The topological polar surface area (TPSA) is 61.0 Å². The Morgan fingerprint density at radius 3 is 2.90 bits per heavy atom. The molecule has 7 heteroatoms. The molecule has 3 aromatic rings. The summed E-state index contributed by atoms with van der Waals surface area (Å²) in [5, 5.41) is 3.83. The van der Waals surface area contributed by atoms with E-state index < -0.39 is 5.82 Å². The Morgan fingerprint density at radius 1 is 1.24 bits per heavy atom. The van der Waals surface area contributed by atoms with E-state index in [1.165, 1.54) is 12.1 Å². The summed E-state index contributed by atoms with van der Waals surface area (Å²) < 4.78 is 23.7. The lowest BCUT2D eigenvalue weighted by molar-refractivity contribution is 0.431. The largest absolute Gasteiger partial charge is 0.453 e. The van der Waals surface area contributed by atoms with E-state index in [1.54, 1.807) is 24.4 Å². The van der Waals surface area contributed by atoms with Gasteiger partial charge in [0.1, 0.15) is 17.3 Å². The van der Waals surface area contributed by atoms with Crippen LogP contribution >= 0.6 is 12.2 Å². The van der Waals surface area contributed by atoms with Crippen molar-refractivity contribution in [2.75, 3.05) is 0 Å². The van der Waals surface area contributed by atoms with Gasteiger partial charge in [-0.15, -0.1) is 0 Å². The maximum absolute atomic E-state index is 13.5. The molecular weight excluding hydrogens is 293 g/mol. The molecule has 1 aromatic carbocycles. The molecule has 0 amide bonds. The molecule has 0 atom stereocenters. The summed E-state index contributed by atoms with van der Waals surface area (Å²) in [6, 6.07) is 9.38. The Balaban J connectivity index is 1.98. The van der Waals surface area contributed by atoms with Crippen LogP contribution < -0.4 is 4.74 Å². The highest BCUT2D eigenvalue weighted by Crippen LogP contribution is 2.25. The lowest BCUT2D eigenvalue weighted by Gasteiger charge is -2.01. The van der Waals surface area contributed by atoms with Crippen molar-refractivity contribution in [2.24, 2.45) is 0 Å². The third-order valence-corrected chi connectivity index (χ3v) is 2.72. The molecule has 0 aliphatic rings. The maximum atomic E-state index is 13.5. The van der Waals surface area contributed by atoms with Gasteiger partial charge in [0.15, 0.2) is 5.55 Å². The van der Waals surface area contributed by atoms with Crippen LogP contribution in [0.3, 0.4) is 0 Å². The zero-order valence-corrected chi connectivity index (χ0v) is 11.4. The van der Waals surface area contributed by atoms with Crippen LogP contribution in [-0.2, 0) is 0 Å². The molecule has 0 radical (unpaired) electrons. The number of benzene rings is 1. The molecule has 0 saturated heterocycles. The minimum absolute atomic E-state index is 0.171. The van der Waals surface area contributed by atoms with Gasteiger partial charge in [-0.2, -0.15) is 4.98 Å². The molecule has 0 N–H and O–H groups in total. The van der Waals surface area contributed by atoms with Gasteiger partial charge in [0.2, 0.25) is 5.82 Å². The smallest absolute Gasteiger partial charge is 0.258 e. The summed E-state index contributed by atoms with van der Waals surface area (Å²) in [4.78, 5) is 8.31. The van der Waals surface area contributed by atoms with Crippen LogP contribution in [0.5, 0.6) is 5.75 Å². The Bertz CT molecular complexity index is 777. The van der Waals surface area contributed by atoms with Crippen LogP contribution in [0.15, 0.2) is 47.1 Å². The fourth-order valence-electron chi connectivity index (χ4n) is 1.75. The fraction of sp³-hybridized carbons (Fsp3) is 0. The molecule has 0 unspecified atom stereocenters. The number of ether oxygens (including phenoxy) is 1. The van der Waals surface area contributed by atoms with Crippen molar-refractivity contribution in [1.29, 1.82) is 0 Å². The highest BCUT2D eigenvalue weighted by atomic mass is 32.1. The number of thiocarbonyl (C=S) groups is 1. The summed E-state index contributed by atoms with van der Waals surface area (Å²) >= 11 is 4.58. The molecule has 0 fully saturated rings. The zero-order valence-electron chi connectivity index (χ0n) is 10.6. The summed E-state index contributed by atoms with van der Waals surface area (Å²) in [5.74, 6) is 0.269. The van der Waals surface area contributed by atoms with E-state index in [-0.39, 0.29) is 11.6 Å². The number of hydrogen-bond acceptors (Lipinski definition) is 6. The Morgan fingerprint density at radius 2 is 2.14 bits per heavy atom. The second-order valence-electron chi connectivity index (χ2n) is 4.03. The first-order valence-electron chi connectivity index (χ1n) is 5.92. The molecule has 3 rings (SSSR count). The molecule has 2 aromatic heterocycles. The molecule has 21 heavy (non-hydrogen) atoms. The van der Waals surface area contributed by atoms with E-state index in [2.05, 4.69) is 27.3 Å². The normalized spacial score (nSPS) is 10.3. The van der Waals surface area contributed by atoms with Crippen LogP contribution in [-0.4, -0.2) is 20.7 Å². The van der Waals surface area contributed by atoms with E-state index in [9.17, 15) is 4.39 Å². The van der Waals surface area contributed by atoms with Crippen LogP contribution in [0.25, 0.3) is 23.0 Å². The average Bonchev–Trinajstić information content (AvgIpc) is 2.98. The number of hydrogen-bond donors (Lipinski definition) is 0. The quantitative estimate of drug-likeness (QED) is 0.689. The first-order valence-corrected chi connectivity index (χ1v) is 6.40. The molecule has 104 valence electrons. The molecule has 0 aliphatic carbocycles. The van der Waals surface area contributed by atoms with Crippen LogP contribution in [0.1, 0.15) is 0 Å². The average molecular weight is 301 g/mol. The fourth-order valence-corrected chi connectivity index (χ4v) is 1.86. The number of rotatable bonds is 4. The predicted octanol–water partition coefficient (Wildman–Crippen LogP) is 3.27. The van der Waals surface area contributed by atoms with Gasteiger partial charge >= 0.3 is 0 Å². The lowest BCUT2D eigenvalue weighted by atomic mass is 10.2. The Labute approximate surface area is 124 Å². The van der Waals surface area contributed by atoms with Gasteiger partial charge in [-0.25, -0.2) is 4.39 Å². The first-order chi connectivity index (χ1) is 10.3. The van der Waals surface area contributed by atoms with Gasteiger partial charge in [0, 0.05) is 17.8 Å². The second kappa shape index (κ2) is 5.76. The monoisotopic (exact) mass is 301 g/mol. The van der Waals surface area contributed by atoms with Crippen molar-refractivity contribution in [1.82, 2.24) is 15.1 Å². The van der Waals surface area contributed by atoms with Crippen molar-refractivity contribution in [2.45, 2.75) is 0 Å². The molecule has 0 saturated carbocycles. The van der Waals surface area contributed by atoms with Crippen molar-refractivity contribution in [3.63, 3.8) is 0 Å². The number of nitrogens with zero attached hydrogens (tertiary/aromatic N) is 3. The van der Waals surface area contributed by atoms with E-state index in [0.29, 0.717) is 17.1 Å². The van der Waals surface area contributed by atoms with Crippen molar-refractivity contribution in [3.8, 4) is 28.7 Å². The number of aromatic nitrogens is 3. The minimum Gasteiger partial charge on any atom is -0.453 e. The summed E-state index contributed by atoms with van der Waals surface area (Å²) in [6.45, 7) is 0. The highest BCUT2D eigenvalue weighted by molar-refractivity contribution is 7.78. The van der Waals surface area contributed by atoms with Crippen molar-refractivity contribution >= 4 is 17.8 Å². The summed E-state index contributed by atoms with van der Waals surface area (Å²) in [7, 11) is 0. The Hall–Kier alpha value is -2.67. The number of halogens is 1. The van der Waals surface area contributed by atoms with Gasteiger partial charge in [-0.05, 0) is 36.5 Å². The van der Waals surface area contributed by atoms with E-state index in [4.69, 9.17) is 9.26 Å². The van der Waals surface area contributed by atoms with Crippen LogP contribution in [0.2, 0.25) is 0 Å². The van der Waals surface area contributed by atoms with E-state index >= 15 is 0 Å². The van der Waals surface area contributed by atoms with Crippen LogP contribution in [0.4, 0.5) is 4.39 Å².